The van der Waals surface area contributed by atoms with Crippen molar-refractivity contribution in [3.05, 3.63) is 0 Å². The minimum atomic E-state index is -0.763. The average Bonchev–Trinajstić information content (AvgIpc) is 3.47. The van der Waals surface area contributed by atoms with Crippen LogP contribution in [0, 0.1) is 0 Å². The molecule has 0 aromatic rings. The Morgan fingerprint density at radius 2 is 0.329 bits per heavy atom. The molecule has 1 unspecified atom stereocenters. The maximum atomic E-state index is 13.0. The number of hydrogen-bond donors (Lipinski definition) is 0. The van der Waals surface area contributed by atoms with Crippen LogP contribution in [0.3, 0.4) is 0 Å². The molecule has 0 saturated carbocycles. The highest BCUT2D eigenvalue weighted by atomic mass is 16.6. The first-order chi connectivity index (χ1) is 40.5. The van der Waals surface area contributed by atoms with Crippen LogP contribution in [0.25, 0.3) is 0 Å². The molecular formula is C76H148O6. The number of rotatable bonds is 72. The molecule has 0 heterocycles. The number of carbonyl (C=O) groups excluding carboxylic acids is 3. The van der Waals surface area contributed by atoms with Gasteiger partial charge in [0.1, 0.15) is 13.2 Å². The molecule has 0 aliphatic rings. The van der Waals surface area contributed by atoms with Crippen LogP contribution in [0.15, 0.2) is 0 Å². The molecule has 82 heavy (non-hydrogen) atoms. The molecule has 0 aromatic heterocycles. The first-order valence-electron chi connectivity index (χ1n) is 38.0. The van der Waals surface area contributed by atoms with Crippen LogP contribution in [0.1, 0.15) is 451 Å². The lowest BCUT2D eigenvalue weighted by molar-refractivity contribution is -0.167. The van der Waals surface area contributed by atoms with Crippen molar-refractivity contribution in [1.29, 1.82) is 0 Å². The molecular weight excluding hydrogens is 1010 g/mol. The van der Waals surface area contributed by atoms with Crippen molar-refractivity contribution in [3.63, 3.8) is 0 Å². The number of ether oxygens (including phenoxy) is 3. The second kappa shape index (κ2) is 71.9. The molecule has 0 aliphatic carbocycles. The van der Waals surface area contributed by atoms with Gasteiger partial charge in [0, 0.05) is 19.3 Å². The molecule has 6 heteroatoms. The third-order valence-corrected chi connectivity index (χ3v) is 17.9. The summed E-state index contributed by atoms with van der Waals surface area (Å²) in [6, 6.07) is 0. The van der Waals surface area contributed by atoms with Crippen molar-refractivity contribution < 1.29 is 28.6 Å². The normalized spacial score (nSPS) is 11.9. The van der Waals surface area contributed by atoms with Crippen molar-refractivity contribution in [1.82, 2.24) is 0 Å². The lowest BCUT2D eigenvalue weighted by Gasteiger charge is -2.18. The second-order valence-electron chi connectivity index (χ2n) is 26.3. The Morgan fingerprint density at radius 1 is 0.195 bits per heavy atom. The first kappa shape index (κ1) is 80.4. The van der Waals surface area contributed by atoms with E-state index in [-0.39, 0.29) is 31.1 Å². The van der Waals surface area contributed by atoms with Crippen LogP contribution >= 0.6 is 0 Å². The summed E-state index contributed by atoms with van der Waals surface area (Å²) in [4.78, 5) is 38.4. The van der Waals surface area contributed by atoms with E-state index in [9.17, 15) is 14.4 Å². The Bertz CT molecular complexity index is 1240. The molecule has 0 saturated heterocycles. The van der Waals surface area contributed by atoms with Gasteiger partial charge in [0.05, 0.1) is 0 Å². The first-order valence-corrected chi connectivity index (χ1v) is 38.0. The van der Waals surface area contributed by atoms with Crippen LogP contribution in [0.4, 0.5) is 0 Å². The molecule has 6 nitrogen and oxygen atoms in total. The van der Waals surface area contributed by atoms with Crippen LogP contribution in [0.5, 0.6) is 0 Å². The fourth-order valence-corrected chi connectivity index (χ4v) is 12.2. The molecule has 0 radical (unpaired) electrons. The molecule has 0 aromatic carbocycles. The predicted molar refractivity (Wildman–Crippen MR) is 358 cm³/mol. The van der Waals surface area contributed by atoms with E-state index in [2.05, 4.69) is 20.8 Å². The third kappa shape index (κ3) is 69.2. The van der Waals surface area contributed by atoms with Crippen molar-refractivity contribution in [2.75, 3.05) is 13.2 Å². The Balaban J connectivity index is 4.06. The fourth-order valence-electron chi connectivity index (χ4n) is 12.2. The SMILES string of the molecule is CCCCCCCCCCCCCCCCCCCCCCCCCCCCCCCCCC(=O)OCC(COC(=O)CCCCCCCCCCCCC)OC(=O)CCCCCCCCCCCCCCCCCCCCCCCC. The van der Waals surface area contributed by atoms with E-state index in [4.69, 9.17) is 14.2 Å². The molecule has 0 rings (SSSR count). The maximum absolute atomic E-state index is 13.0. The standard InChI is InChI=1S/C76H148O6/c1-4-7-10-13-16-19-22-24-26-28-30-32-34-35-36-37-38-39-40-41-42-44-45-47-49-51-54-57-60-63-66-69-75(78)81-72-73(71-80-74(77)68-65-62-59-56-53-21-18-15-12-9-6-3)82-76(79)70-67-64-61-58-55-52-50-48-46-43-33-31-29-27-25-23-20-17-14-11-8-5-2/h73H,4-72H2,1-3H3. The lowest BCUT2D eigenvalue weighted by Crippen LogP contribution is -2.30. The van der Waals surface area contributed by atoms with Gasteiger partial charge in [0.15, 0.2) is 6.10 Å². The van der Waals surface area contributed by atoms with Gasteiger partial charge >= 0.3 is 17.9 Å². The van der Waals surface area contributed by atoms with E-state index in [1.807, 2.05) is 0 Å². The molecule has 1 atom stereocenters. The molecule has 0 fully saturated rings. The highest BCUT2D eigenvalue weighted by Gasteiger charge is 2.20. The monoisotopic (exact) mass is 1160 g/mol. The zero-order valence-electron chi connectivity index (χ0n) is 56.3. The predicted octanol–water partition coefficient (Wildman–Crippen LogP) is 26.2. The minimum absolute atomic E-state index is 0.0603. The van der Waals surface area contributed by atoms with Crippen LogP contribution in [-0.2, 0) is 28.6 Å². The third-order valence-electron chi connectivity index (χ3n) is 17.9. The quantitative estimate of drug-likeness (QED) is 0.0343. The van der Waals surface area contributed by atoms with Crippen molar-refractivity contribution >= 4 is 17.9 Å². The van der Waals surface area contributed by atoms with Crippen molar-refractivity contribution in [2.45, 2.75) is 457 Å². The largest absolute Gasteiger partial charge is 0.462 e. The van der Waals surface area contributed by atoms with E-state index >= 15 is 0 Å². The molecule has 0 bridgehead atoms. The van der Waals surface area contributed by atoms with Gasteiger partial charge in [-0.25, -0.2) is 0 Å². The Hall–Kier alpha value is -1.59. The summed E-state index contributed by atoms with van der Waals surface area (Å²) in [6.07, 6.45) is 86.0. The van der Waals surface area contributed by atoms with Crippen molar-refractivity contribution in [2.24, 2.45) is 0 Å². The molecule has 488 valence electrons. The van der Waals surface area contributed by atoms with Gasteiger partial charge < -0.3 is 14.2 Å². The Labute approximate surface area is 514 Å². The van der Waals surface area contributed by atoms with Crippen LogP contribution in [-0.4, -0.2) is 37.2 Å². The highest BCUT2D eigenvalue weighted by Crippen LogP contribution is 2.20. The minimum Gasteiger partial charge on any atom is -0.462 e. The van der Waals surface area contributed by atoms with E-state index in [1.54, 1.807) is 0 Å². The summed E-state index contributed by atoms with van der Waals surface area (Å²) in [5.74, 6) is -0.820. The van der Waals surface area contributed by atoms with Gasteiger partial charge in [-0.2, -0.15) is 0 Å². The van der Waals surface area contributed by atoms with Crippen molar-refractivity contribution in [3.8, 4) is 0 Å². The van der Waals surface area contributed by atoms with Gasteiger partial charge in [-0.3, -0.25) is 14.4 Å². The van der Waals surface area contributed by atoms with E-state index in [1.165, 1.54) is 353 Å². The summed E-state index contributed by atoms with van der Waals surface area (Å²) in [6.45, 7) is 6.74. The van der Waals surface area contributed by atoms with Gasteiger partial charge in [0.2, 0.25) is 0 Å². The lowest BCUT2D eigenvalue weighted by atomic mass is 10.0. The molecule has 0 aliphatic heterocycles. The van der Waals surface area contributed by atoms with E-state index in [0.29, 0.717) is 19.3 Å². The Kier molecular flexibility index (Phi) is 70.5. The summed E-state index contributed by atoms with van der Waals surface area (Å²) < 4.78 is 17.0. The molecule has 0 N–H and O–H groups in total. The van der Waals surface area contributed by atoms with Crippen LogP contribution in [0.2, 0.25) is 0 Å². The van der Waals surface area contributed by atoms with Gasteiger partial charge in [-0.05, 0) is 19.3 Å². The molecule has 0 spiro atoms. The topological polar surface area (TPSA) is 78.9 Å². The maximum Gasteiger partial charge on any atom is 0.306 e. The molecule has 0 amide bonds. The van der Waals surface area contributed by atoms with Crippen LogP contribution < -0.4 is 0 Å². The summed E-state index contributed by atoms with van der Waals surface area (Å²) in [5, 5.41) is 0. The zero-order valence-corrected chi connectivity index (χ0v) is 56.3. The van der Waals surface area contributed by atoms with E-state index in [0.717, 1.165) is 57.8 Å². The van der Waals surface area contributed by atoms with E-state index < -0.39 is 6.10 Å². The zero-order chi connectivity index (χ0) is 59.2. The summed E-state index contributed by atoms with van der Waals surface area (Å²) in [7, 11) is 0. The van der Waals surface area contributed by atoms with Gasteiger partial charge in [0.25, 0.3) is 0 Å². The number of carbonyl (C=O) groups is 3. The van der Waals surface area contributed by atoms with Gasteiger partial charge in [-0.15, -0.1) is 0 Å². The second-order valence-corrected chi connectivity index (χ2v) is 26.3. The summed E-state index contributed by atoms with van der Waals surface area (Å²) in [5.41, 5.74) is 0. The smallest absolute Gasteiger partial charge is 0.306 e. The highest BCUT2D eigenvalue weighted by molar-refractivity contribution is 5.71. The average molecular weight is 1160 g/mol. The Morgan fingerprint density at radius 3 is 0.488 bits per heavy atom. The fraction of sp³-hybridized carbons (Fsp3) is 0.961. The number of esters is 3. The number of unbranched alkanes of at least 4 members (excludes halogenated alkanes) is 61. The summed E-state index contributed by atoms with van der Waals surface area (Å²) >= 11 is 0. The number of hydrogen-bond acceptors (Lipinski definition) is 6. The van der Waals surface area contributed by atoms with Gasteiger partial charge in [-0.1, -0.05) is 412 Å².